The molecule has 2 atom stereocenters. The maximum absolute atomic E-state index is 12.1. The molecule has 0 aromatic heterocycles. The largest absolute Gasteiger partial charge is 0.296 e. The van der Waals surface area contributed by atoms with Crippen molar-refractivity contribution in [3.05, 3.63) is 34.9 Å². The number of carbonyl (C=O) groups is 2. The summed E-state index contributed by atoms with van der Waals surface area (Å²) < 4.78 is 0. The molecule has 96 valence electrons. The summed E-state index contributed by atoms with van der Waals surface area (Å²) in [7, 11) is 0. The van der Waals surface area contributed by atoms with Gasteiger partial charge in [0.05, 0.1) is 5.92 Å². The summed E-state index contributed by atoms with van der Waals surface area (Å²) in [5.74, 6) is -0.815. The van der Waals surface area contributed by atoms with Crippen molar-refractivity contribution in [3.8, 4) is 0 Å². The van der Waals surface area contributed by atoms with Gasteiger partial charge < -0.3 is 0 Å². The van der Waals surface area contributed by atoms with Gasteiger partial charge in [-0.2, -0.15) is 0 Å². The van der Waals surface area contributed by atoms with E-state index in [4.69, 9.17) is 11.6 Å². The Morgan fingerprint density at radius 3 is 2.67 bits per heavy atom. The summed E-state index contributed by atoms with van der Waals surface area (Å²) in [5.41, 5.74) is 0.429. The smallest absolute Gasteiger partial charge is 0.234 e. The first-order valence-corrected chi connectivity index (χ1v) is 6.44. The van der Waals surface area contributed by atoms with E-state index in [1.165, 1.54) is 0 Å². The highest BCUT2D eigenvalue weighted by Crippen LogP contribution is 2.45. The minimum atomic E-state index is -0.371. The monoisotopic (exact) mass is 265 g/mol. The van der Waals surface area contributed by atoms with E-state index in [1.54, 1.807) is 6.07 Å². The number of amides is 2. The first-order chi connectivity index (χ1) is 8.48. The lowest BCUT2D eigenvalue weighted by Gasteiger charge is -2.39. The third kappa shape index (κ3) is 2.15. The van der Waals surface area contributed by atoms with E-state index in [0.29, 0.717) is 11.4 Å². The Hall–Kier alpha value is -1.35. The summed E-state index contributed by atoms with van der Waals surface area (Å²) in [6.07, 6.45) is 1.10. The number of benzene rings is 1. The summed E-state index contributed by atoms with van der Waals surface area (Å²) in [4.78, 5) is 23.7. The van der Waals surface area contributed by atoms with Crippen LogP contribution in [0.5, 0.6) is 0 Å². The van der Waals surface area contributed by atoms with Crippen LogP contribution in [0, 0.1) is 5.41 Å². The van der Waals surface area contributed by atoms with Crippen LogP contribution in [0.2, 0.25) is 5.02 Å². The van der Waals surface area contributed by atoms with Crippen LogP contribution in [0.15, 0.2) is 24.3 Å². The lowest BCUT2D eigenvalue weighted by molar-refractivity contribution is -0.139. The number of rotatable bonds is 2. The summed E-state index contributed by atoms with van der Waals surface area (Å²) in [6, 6.07) is 7.33. The molecule has 1 aliphatic rings. The van der Waals surface area contributed by atoms with E-state index in [9.17, 15) is 9.59 Å². The first-order valence-electron chi connectivity index (χ1n) is 6.06. The fourth-order valence-corrected chi connectivity index (χ4v) is 2.84. The van der Waals surface area contributed by atoms with Crippen molar-refractivity contribution in [1.82, 2.24) is 5.32 Å². The van der Waals surface area contributed by atoms with Crippen molar-refractivity contribution in [1.29, 1.82) is 0 Å². The highest BCUT2D eigenvalue weighted by Gasteiger charge is 2.45. The molecule has 2 rings (SSSR count). The Morgan fingerprint density at radius 2 is 2.06 bits per heavy atom. The highest BCUT2D eigenvalue weighted by molar-refractivity contribution is 6.31. The van der Waals surface area contributed by atoms with Gasteiger partial charge in [0.25, 0.3) is 0 Å². The van der Waals surface area contributed by atoms with Gasteiger partial charge in [-0.05, 0) is 23.5 Å². The minimum Gasteiger partial charge on any atom is -0.296 e. The number of nitrogens with one attached hydrogen (secondary N) is 1. The summed E-state index contributed by atoms with van der Waals surface area (Å²) >= 11 is 6.18. The number of imide groups is 1. The Kier molecular flexibility index (Phi) is 3.44. The fraction of sp³-hybridized carbons (Fsp3) is 0.429. The molecule has 0 aliphatic carbocycles. The molecular weight excluding hydrogens is 250 g/mol. The highest BCUT2D eigenvalue weighted by atomic mass is 35.5. The van der Waals surface area contributed by atoms with E-state index in [0.717, 1.165) is 12.0 Å². The molecule has 1 heterocycles. The van der Waals surface area contributed by atoms with Crippen molar-refractivity contribution in [2.24, 2.45) is 5.41 Å². The second kappa shape index (κ2) is 4.73. The number of halogens is 1. The normalized spacial score (nSPS) is 28.1. The SMILES string of the molecule is CCC1(C)CC(=O)NC(=O)C1c1ccccc1Cl. The summed E-state index contributed by atoms with van der Waals surface area (Å²) in [5, 5.41) is 2.98. The van der Waals surface area contributed by atoms with Crippen molar-refractivity contribution >= 4 is 23.4 Å². The van der Waals surface area contributed by atoms with Crippen LogP contribution < -0.4 is 5.32 Å². The van der Waals surface area contributed by atoms with E-state index in [2.05, 4.69) is 5.32 Å². The molecule has 2 unspecified atom stereocenters. The molecule has 1 N–H and O–H groups in total. The van der Waals surface area contributed by atoms with Gasteiger partial charge in [-0.3, -0.25) is 14.9 Å². The lowest BCUT2D eigenvalue weighted by atomic mass is 9.67. The molecule has 1 fully saturated rings. The molecule has 0 bridgehead atoms. The molecule has 1 aromatic rings. The Labute approximate surface area is 112 Å². The van der Waals surface area contributed by atoms with Gasteiger partial charge in [0.1, 0.15) is 0 Å². The van der Waals surface area contributed by atoms with Gasteiger partial charge in [-0.1, -0.05) is 43.6 Å². The van der Waals surface area contributed by atoms with Gasteiger partial charge in [-0.15, -0.1) is 0 Å². The quantitative estimate of drug-likeness (QED) is 0.836. The first kappa shape index (κ1) is 13.1. The zero-order chi connectivity index (χ0) is 13.3. The van der Waals surface area contributed by atoms with Crippen LogP contribution in [0.4, 0.5) is 0 Å². The molecule has 18 heavy (non-hydrogen) atoms. The topological polar surface area (TPSA) is 46.2 Å². The van der Waals surface area contributed by atoms with Crippen molar-refractivity contribution in [3.63, 3.8) is 0 Å². The molecule has 0 spiro atoms. The van der Waals surface area contributed by atoms with E-state index >= 15 is 0 Å². The Bertz CT molecular complexity index is 500. The standard InChI is InChI=1S/C14H16ClNO2/c1-3-14(2)8-11(17)16-13(18)12(14)9-6-4-5-7-10(9)15/h4-7,12H,3,8H2,1-2H3,(H,16,17,18). The van der Waals surface area contributed by atoms with Crippen molar-refractivity contribution in [2.75, 3.05) is 0 Å². The number of piperidine rings is 1. The van der Waals surface area contributed by atoms with Gasteiger partial charge in [-0.25, -0.2) is 0 Å². The van der Waals surface area contributed by atoms with E-state index in [-0.39, 0.29) is 23.1 Å². The average Bonchev–Trinajstić information content (AvgIpc) is 2.30. The van der Waals surface area contributed by atoms with Crippen molar-refractivity contribution < 1.29 is 9.59 Å². The fourth-order valence-electron chi connectivity index (χ4n) is 2.59. The Morgan fingerprint density at radius 1 is 1.39 bits per heavy atom. The van der Waals surface area contributed by atoms with Gasteiger partial charge >= 0.3 is 0 Å². The average molecular weight is 266 g/mol. The van der Waals surface area contributed by atoms with Crippen LogP contribution >= 0.6 is 11.6 Å². The molecule has 4 heteroatoms. The van der Waals surface area contributed by atoms with Crippen LogP contribution in [0.1, 0.15) is 38.2 Å². The lowest BCUT2D eigenvalue weighted by Crippen LogP contribution is -2.49. The second-order valence-electron chi connectivity index (χ2n) is 5.05. The molecule has 2 amide bonds. The van der Waals surface area contributed by atoms with Crippen LogP contribution in [0.3, 0.4) is 0 Å². The Balaban J connectivity index is 2.49. The third-order valence-corrected chi connectivity index (χ3v) is 4.15. The van der Waals surface area contributed by atoms with Crippen LogP contribution in [0.25, 0.3) is 0 Å². The minimum absolute atomic E-state index is 0.201. The number of carbonyl (C=O) groups excluding carboxylic acids is 2. The molecule has 3 nitrogen and oxygen atoms in total. The molecule has 0 radical (unpaired) electrons. The number of hydrogen-bond donors (Lipinski definition) is 1. The van der Waals surface area contributed by atoms with Crippen molar-refractivity contribution in [2.45, 2.75) is 32.6 Å². The van der Waals surface area contributed by atoms with Gasteiger partial charge in [0, 0.05) is 11.4 Å². The zero-order valence-corrected chi connectivity index (χ0v) is 11.3. The predicted molar refractivity (Wildman–Crippen MR) is 70.4 cm³/mol. The molecule has 1 saturated heterocycles. The van der Waals surface area contributed by atoms with Gasteiger partial charge in [0.15, 0.2) is 0 Å². The maximum atomic E-state index is 12.1. The second-order valence-corrected chi connectivity index (χ2v) is 5.46. The molecular formula is C14H16ClNO2. The van der Waals surface area contributed by atoms with Crippen LogP contribution in [-0.4, -0.2) is 11.8 Å². The van der Waals surface area contributed by atoms with Gasteiger partial charge in [0.2, 0.25) is 11.8 Å². The predicted octanol–water partition coefficient (Wildman–Crippen LogP) is 2.89. The maximum Gasteiger partial charge on any atom is 0.234 e. The molecule has 0 saturated carbocycles. The van der Waals surface area contributed by atoms with Crippen LogP contribution in [-0.2, 0) is 9.59 Å². The molecule has 1 aromatic carbocycles. The zero-order valence-electron chi connectivity index (χ0n) is 10.5. The summed E-state index contributed by atoms with van der Waals surface area (Å²) in [6.45, 7) is 3.97. The third-order valence-electron chi connectivity index (χ3n) is 3.81. The van der Waals surface area contributed by atoms with E-state index in [1.807, 2.05) is 32.0 Å². The number of hydrogen-bond acceptors (Lipinski definition) is 2. The van der Waals surface area contributed by atoms with E-state index < -0.39 is 0 Å². The molecule has 1 aliphatic heterocycles.